The molecule has 3 aromatic rings. The van der Waals surface area contributed by atoms with E-state index in [0.717, 1.165) is 38.8 Å². The number of hydrogen-bond donors (Lipinski definition) is 1. The van der Waals surface area contributed by atoms with Gasteiger partial charge in [-0.3, -0.25) is 0 Å². The van der Waals surface area contributed by atoms with E-state index >= 15 is 0 Å². The second-order valence-electron chi connectivity index (χ2n) is 5.19. The minimum Gasteiger partial charge on any atom is -0.497 e. The van der Waals surface area contributed by atoms with Crippen LogP contribution in [-0.2, 0) is 6.54 Å². The molecule has 0 unspecified atom stereocenters. The molecule has 24 heavy (non-hydrogen) atoms. The Balaban J connectivity index is 1.94. The van der Waals surface area contributed by atoms with E-state index in [2.05, 4.69) is 62.0 Å². The third-order valence-corrected chi connectivity index (χ3v) is 5.03. The van der Waals surface area contributed by atoms with Gasteiger partial charge in [0.05, 0.1) is 7.11 Å². The molecule has 0 bridgehead atoms. The summed E-state index contributed by atoms with van der Waals surface area (Å²) in [5.41, 5.74) is 3.36. The summed E-state index contributed by atoms with van der Waals surface area (Å²) in [6.07, 6.45) is 1.91. The maximum Gasteiger partial charge on any atom is 0.339 e. The predicted octanol–water partition coefficient (Wildman–Crippen LogP) is 5.40. The van der Waals surface area contributed by atoms with Gasteiger partial charge >= 0.3 is 5.13 Å². The summed E-state index contributed by atoms with van der Waals surface area (Å²) in [6.45, 7) is 4.63. The molecule has 0 amide bonds. The Hall–Kier alpha value is -2.11. The highest BCUT2D eigenvalue weighted by Crippen LogP contribution is 2.27. The molecule has 1 aromatic heterocycles. The van der Waals surface area contributed by atoms with Gasteiger partial charge in [-0.2, -0.15) is 0 Å². The lowest BCUT2D eigenvalue weighted by atomic mass is 10.1. The van der Waals surface area contributed by atoms with Crippen LogP contribution in [0, 0.1) is 0 Å². The maximum absolute atomic E-state index is 5.24. The van der Waals surface area contributed by atoms with Crippen molar-refractivity contribution >= 4 is 38.1 Å². The topological polar surface area (TPSA) is 25.1 Å². The fraction of sp³-hybridized carbons (Fsp3) is 0.105. The van der Waals surface area contributed by atoms with Crippen LogP contribution < -0.4 is 14.6 Å². The Morgan fingerprint density at radius 2 is 1.88 bits per heavy atom. The van der Waals surface area contributed by atoms with Crippen LogP contribution in [0.25, 0.3) is 11.3 Å². The Morgan fingerprint density at radius 1 is 1.17 bits per heavy atom. The first-order chi connectivity index (χ1) is 11.7. The van der Waals surface area contributed by atoms with E-state index in [-0.39, 0.29) is 0 Å². The van der Waals surface area contributed by atoms with E-state index in [1.807, 2.05) is 30.3 Å². The van der Waals surface area contributed by atoms with Crippen LogP contribution in [0.15, 0.2) is 71.0 Å². The second-order valence-corrected chi connectivity index (χ2v) is 6.96. The number of halogens is 1. The first kappa shape index (κ1) is 16.7. The molecular formula is C19H18BrN2OS+. The monoisotopic (exact) mass is 401 g/mol. The zero-order valence-electron chi connectivity index (χ0n) is 13.3. The minimum absolute atomic E-state index is 0.740. The lowest BCUT2D eigenvalue weighted by Crippen LogP contribution is -2.35. The van der Waals surface area contributed by atoms with Crippen LogP contribution in [0.5, 0.6) is 5.75 Å². The lowest BCUT2D eigenvalue weighted by Gasteiger charge is -2.05. The fourth-order valence-corrected chi connectivity index (χ4v) is 3.63. The van der Waals surface area contributed by atoms with Crippen molar-refractivity contribution in [3.8, 4) is 17.0 Å². The van der Waals surface area contributed by atoms with Crippen molar-refractivity contribution in [3.63, 3.8) is 0 Å². The van der Waals surface area contributed by atoms with Crippen LogP contribution in [-0.4, -0.2) is 7.11 Å². The molecule has 0 atom stereocenters. The Labute approximate surface area is 154 Å². The molecular weight excluding hydrogens is 384 g/mol. The Bertz CT molecular complexity index is 826. The first-order valence-corrected chi connectivity index (χ1v) is 9.18. The van der Waals surface area contributed by atoms with Crippen LogP contribution >= 0.6 is 27.3 Å². The van der Waals surface area contributed by atoms with Crippen LogP contribution in [0.4, 0.5) is 10.8 Å². The van der Waals surface area contributed by atoms with E-state index in [1.165, 1.54) is 0 Å². The molecule has 0 spiro atoms. The van der Waals surface area contributed by atoms with E-state index < -0.39 is 0 Å². The van der Waals surface area contributed by atoms with E-state index in [4.69, 9.17) is 4.74 Å². The van der Waals surface area contributed by atoms with Crippen molar-refractivity contribution in [1.29, 1.82) is 0 Å². The van der Waals surface area contributed by atoms with E-state index in [9.17, 15) is 0 Å². The molecule has 1 N–H and O–H groups in total. The van der Waals surface area contributed by atoms with Crippen LogP contribution in [0.3, 0.4) is 0 Å². The summed E-state index contributed by atoms with van der Waals surface area (Å²) in [5.74, 6) is 0.859. The summed E-state index contributed by atoms with van der Waals surface area (Å²) in [4.78, 5) is 0. The Morgan fingerprint density at radius 3 is 2.50 bits per heavy atom. The van der Waals surface area contributed by atoms with Crippen molar-refractivity contribution in [2.75, 3.05) is 12.4 Å². The largest absolute Gasteiger partial charge is 0.497 e. The number of allylic oxidation sites excluding steroid dienone is 1. The normalized spacial score (nSPS) is 10.4. The molecule has 0 radical (unpaired) electrons. The molecule has 1 heterocycles. The molecule has 3 rings (SSSR count). The first-order valence-electron chi connectivity index (χ1n) is 7.50. The summed E-state index contributed by atoms with van der Waals surface area (Å²) in [7, 11) is 1.68. The zero-order chi connectivity index (χ0) is 16.9. The molecule has 122 valence electrons. The lowest BCUT2D eigenvalue weighted by molar-refractivity contribution is -0.657. The SMILES string of the molecule is C=CC[n+]1c(-c2ccc(OC)cc2)csc1Nc1ccc(Br)cc1. The van der Waals surface area contributed by atoms with Crippen molar-refractivity contribution in [2.24, 2.45) is 0 Å². The zero-order valence-corrected chi connectivity index (χ0v) is 15.7. The van der Waals surface area contributed by atoms with Crippen molar-refractivity contribution < 1.29 is 9.30 Å². The van der Waals surface area contributed by atoms with Gasteiger partial charge in [0.25, 0.3) is 0 Å². The van der Waals surface area contributed by atoms with Crippen molar-refractivity contribution in [2.45, 2.75) is 6.54 Å². The minimum atomic E-state index is 0.740. The van der Waals surface area contributed by atoms with Crippen LogP contribution in [0.2, 0.25) is 0 Å². The third kappa shape index (κ3) is 3.68. The number of hydrogen-bond acceptors (Lipinski definition) is 3. The quantitative estimate of drug-likeness (QED) is 0.441. The molecule has 0 fully saturated rings. The standard InChI is InChI=1S/C19H17BrN2OS/c1-3-12-22-18(14-4-10-17(23-2)11-5-14)13-24-19(22)21-16-8-6-15(20)7-9-16/h3-11,13H,1,12H2,2H3/p+1. The second kappa shape index (κ2) is 7.64. The van der Waals surface area contributed by atoms with Crippen molar-refractivity contribution in [3.05, 3.63) is 71.0 Å². The molecule has 0 aliphatic heterocycles. The highest BCUT2D eigenvalue weighted by molar-refractivity contribution is 9.10. The predicted molar refractivity (Wildman–Crippen MR) is 104 cm³/mol. The van der Waals surface area contributed by atoms with Gasteiger partial charge in [-0.25, -0.2) is 9.88 Å². The van der Waals surface area contributed by atoms with Gasteiger partial charge in [-0.1, -0.05) is 39.9 Å². The molecule has 5 heteroatoms. The molecule has 0 aliphatic rings. The van der Waals surface area contributed by atoms with Gasteiger partial charge in [0.2, 0.25) is 0 Å². The van der Waals surface area contributed by atoms with Crippen LogP contribution in [0.1, 0.15) is 0 Å². The summed E-state index contributed by atoms with van der Waals surface area (Å²) in [5, 5.41) is 6.72. The summed E-state index contributed by atoms with van der Waals surface area (Å²) >= 11 is 5.14. The van der Waals surface area contributed by atoms with Gasteiger partial charge in [-0.05, 0) is 48.5 Å². The summed E-state index contributed by atoms with van der Waals surface area (Å²) < 4.78 is 8.53. The van der Waals surface area contributed by atoms with Gasteiger partial charge in [0.1, 0.15) is 23.7 Å². The fourth-order valence-electron chi connectivity index (χ4n) is 2.40. The van der Waals surface area contributed by atoms with E-state index in [1.54, 1.807) is 18.4 Å². The highest BCUT2D eigenvalue weighted by atomic mass is 79.9. The Kier molecular flexibility index (Phi) is 5.33. The number of aromatic nitrogens is 1. The molecule has 3 nitrogen and oxygen atoms in total. The number of ether oxygens (including phenoxy) is 1. The molecule has 0 saturated carbocycles. The maximum atomic E-state index is 5.24. The number of thiazole rings is 1. The number of nitrogens with zero attached hydrogens (tertiary/aromatic N) is 1. The van der Waals surface area contributed by atoms with E-state index in [0.29, 0.717) is 0 Å². The van der Waals surface area contributed by atoms with Gasteiger partial charge in [-0.15, -0.1) is 0 Å². The third-order valence-electron chi connectivity index (χ3n) is 3.61. The molecule has 0 aliphatic carbocycles. The van der Waals surface area contributed by atoms with Crippen molar-refractivity contribution in [1.82, 2.24) is 0 Å². The smallest absolute Gasteiger partial charge is 0.339 e. The number of rotatable bonds is 6. The average molecular weight is 402 g/mol. The number of nitrogens with one attached hydrogen (secondary N) is 1. The molecule has 0 saturated heterocycles. The summed E-state index contributed by atoms with van der Waals surface area (Å²) in [6, 6.07) is 16.3. The number of benzene rings is 2. The highest BCUT2D eigenvalue weighted by Gasteiger charge is 2.18. The van der Waals surface area contributed by atoms with Gasteiger partial charge < -0.3 is 4.74 Å². The van der Waals surface area contributed by atoms with Gasteiger partial charge in [0.15, 0.2) is 0 Å². The molecule has 2 aromatic carbocycles. The van der Waals surface area contributed by atoms with Gasteiger partial charge in [0, 0.05) is 15.4 Å². The number of methoxy groups -OCH3 is 1. The average Bonchev–Trinajstić information content (AvgIpc) is 3.00. The number of anilines is 2.